The van der Waals surface area contributed by atoms with Crippen LogP contribution in [0.5, 0.6) is 0 Å². The van der Waals surface area contributed by atoms with Crippen molar-refractivity contribution in [3.63, 3.8) is 0 Å². The number of rotatable bonds is 6. The quantitative estimate of drug-likeness (QED) is 0.758. The van der Waals surface area contributed by atoms with Crippen LogP contribution < -0.4 is 10.6 Å². The van der Waals surface area contributed by atoms with Crippen molar-refractivity contribution in [2.75, 3.05) is 13.1 Å². The van der Waals surface area contributed by atoms with Gasteiger partial charge in [-0.15, -0.1) is 0 Å². The molecule has 1 saturated carbocycles. The first-order valence-corrected chi connectivity index (χ1v) is 11.0. The normalized spacial score (nSPS) is 22.8. The van der Waals surface area contributed by atoms with E-state index in [1.165, 1.54) is 0 Å². The number of carbonyl (C=O) groups is 2. The Hall–Kier alpha value is -3.17. The Morgan fingerprint density at radius 3 is 2.55 bits per heavy atom. The highest BCUT2D eigenvalue weighted by molar-refractivity contribution is 6.01. The summed E-state index contributed by atoms with van der Waals surface area (Å²) in [4.78, 5) is 27.1. The lowest BCUT2D eigenvalue weighted by Gasteiger charge is -2.21. The van der Waals surface area contributed by atoms with E-state index in [0.717, 1.165) is 43.2 Å². The highest BCUT2D eigenvalue weighted by Gasteiger charge is 2.30. The van der Waals surface area contributed by atoms with Crippen LogP contribution in [0.1, 0.15) is 42.5 Å². The fourth-order valence-corrected chi connectivity index (χ4v) is 4.64. The van der Waals surface area contributed by atoms with Crippen LogP contribution in [0.3, 0.4) is 0 Å². The van der Waals surface area contributed by atoms with E-state index in [1.54, 1.807) is 4.90 Å². The molecule has 3 atom stereocenters. The van der Waals surface area contributed by atoms with E-state index in [0.29, 0.717) is 12.1 Å². The Labute approximate surface area is 183 Å². The standard InChI is InChI=1S/C25H28N4O2/c26-16-21-9-6-14-29(21)24(30)17-27-19-12-13-20(15-19)28-25(31)23-11-5-4-10-22(23)18-7-2-1-3-8-18/h1-5,7-8,10-11,19-21,27H,6,9,12-15,17H2,(H,28,31)/t19?,20?,21-/m0/s1. The highest BCUT2D eigenvalue weighted by atomic mass is 16.2. The van der Waals surface area contributed by atoms with Gasteiger partial charge in [-0.25, -0.2) is 0 Å². The topological polar surface area (TPSA) is 85.2 Å². The van der Waals surface area contributed by atoms with Crippen molar-refractivity contribution >= 4 is 11.8 Å². The maximum Gasteiger partial charge on any atom is 0.252 e. The lowest BCUT2D eigenvalue weighted by molar-refractivity contribution is -0.130. The van der Waals surface area contributed by atoms with Crippen molar-refractivity contribution in [1.82, 2.24) is 15.5 Å². The zero-order chi connectivity index (χ0) is 21.6. The molecule has 2 aliphatic rings. The summed E-state index contributed by atoms with van der Waals surface area (Å²) in [6.45, 7) is 0.920. The molecule has 2 amide bonds. The van der Waals surface area contributed by atoms with Crippen molar-refractivity contribution in [2.45, 2.75) is 50.2 Å². The second-order valence-corrected chi connectivity index (χ2v) is 8.35. The van der Waals surface area contributed by atoms with Gasteiger partial charge in [-0.3, -0.25) is 9.59 Å². The third-order valence-electron chi connectivity index (χ3n) is 6.29. The van der Waals surface area contributed by atoms with Gasteiger partial charge in [-0.05, 0) is 49.3 Å². The zero-order valence-corrected chi connectivity index (χ0v) is 17.6. The minimum atomic E-state index is -0.283. The maximum absolute atomic E-state index is 13.0. The van der Waals surface area contributed by atoms with Crippen molar-refractivity contribution in [3.8, 4) is 17.2 Å². The van der Waals surface area contributed by atoms with Gasteiger partial charge in [0.15, 0.2) is 0 Å². The average Bonchev–Trinajstić information content (AvgIpc) is 3.47. The summed E-state index contributed by atoms with van der Waals surface area (Å²) in [5.74, 6) is -0.0663. The molecular formula is C25H28N4O2. The average molecular weight is 417 g/mol. The molecule has 31 heavy (non-hydrogen) atoms. The number of nitrogens with one attached hydrogen (secondary N) is 2. The van der Waals surface area contributed by atoms with E-state index in [9.17, 15) is 9.59 Å². The Morgan fingerprint density at radius 1 is 1.00 bits per heavy atom. The number of likely N-dealkylation sites (tertiary alicyclic amines) is 1. The smallest absolute Gasteiger partial charge is 0.252 e. The molecule has 2 unspecified atom stereocenters. The summed E-state index contributed by atoms with van der Waals surface area (Å²) in [7, 11) is 0. The number of amides is 2. The molecule has 0 aromatic heterocycles. The fourth-order valence-electron chi connectivity index (χ4n) is 4.64. The first-order chi connectivity index (χ1) is 15.2. The van der Waals surface area contributed by atoms with Gasteiger partial charge in [0.1, 0.15) is 6.04 Å². The lowest BCUT2D eigenvalue weighted by Crippen LogP contribution is -2.43. The first-order valence-electron chi connectivity index (χ1n) is 11.0. The number of carbonyl (C=O) groups excluding carboxylic acids is 2. The summed E-state index contributed by atoms with van der Waals surface area (Å²) >= 11 is 0. The molecule has 2 aromatic rings. The highest BCUT2D eigenvalue weighted by Crippen LogP contribution is 2.25. The van der Waals surface area contributed by atoms with Gasteiger partial charge < -0.3 is 15.5 Å². The van der Waals surface area contributed by atoms with Crippen LogP contribution in [0.15, 0.2) is 54.6 Å². The zero-order valence-electron chi connectivity index (χ0n) is 17.6. The first kappa shape index (κ1) is 21.1. The third-order valence-corrected chi connectivity index (χ3v) is 6.29. The van der Waals surface area contributed by atoms with Crippen LogP contribution in [0.25, 0.3) is 11.1 Å². The molecule has 6 nitrogen and oxygen atoms in total. The minimum Gasteiger partial charge on any atom is -0.349 e. The van der Waals surface area contributed by atoms with E-state index >= 15 is 0 Å². The lowest BCUT2D eigenvalue weighted by atomic mass is 9.99. The third kappa shape index (κ3) is 4.95. The van der Waals surface area contributed by atoms with Gasteiger partial charge in [-0.1, -0.05) is 48.5 Å². The fraction of sp³-hybridized carbons (Fsp3) is 0.400. The number of benzene rings is 2. The van der Waals surface area contributed by atoms with E-state index in [1.807, 2.05) is 54.6 Å². The van der Waals surface area contributed by atoms with Gasteiger partial charge in [-0.2, -0.15) is 5.26 Å². The molecule has 160 valence electrons. The molecule has 1 saturated heterocycles. The largest absolute Gasteiger partial charge is 0.349 e. The molecule has 2 aromatic carbocycles. The van der Waals surface area contributed by atoms with Crippen LogP contribution in [-0.2, 0) is 4.79 Å². The number of hydrogen-bond donors (Lipinski definition) is 2. The summed E-state index contributed by atoms with van der Waals surface area (Å²) < 4.78 is 0. The van der Waals surface area contributed by atoms with E-state index in [4.69, 9.17) is 5.26 Å². The molecule has 2 fully saturated rings. The molecule has 2 N–H and O–H groups in total. The molecular weight excluding hydrogens is 388 g/mol. The van der Waals surface area contributed by atoms with Crippen LogP contribution in [0.4, 0.5) is 0 Å². The Bertz CT molecular complexity index is 969. The number of nitrogens with zero attached hydrogens (tertiary/aromatic N) is 2. The molecule has 1 aliphatic heterocycles. The van der Waals surface area contributed by atoms with E-state index < -0.39 is 0 Å². The van der Waals surface area contributed by atoms with Crippen LogP contribution >= 0.6 is 0 Å². The SMILES string of the molecule is N#C[C@@H]1CCCN1C(=O)CNC1CCC(NC(=O)c2ccccc2-c2ccccc2)C1. The molecule has 1 aliphatic carbocycles. The second-order valence-electron chi connectivity index (χ2n) is 8.35. The molecule has 0 radical (unpaired) electrons. The Kier molecular flexibility index (Phi) is 6.63. The molecule has 4 rings (SSSR count). The van der Waals surface area contributed by atoms with Crippen molar-refractivity contribution in [3.05, 3.63) is 60.2 Å². The summed E-state index contributed by atoms with van der Waals surface area (Å²) in [6.07, 6.45) is 4.26. The predicted octanol–water partition coefficient (Wildman–Crippen LogP) is 3.11. The van der Waals surface area contributed by atoms with Crippen LogP contribution in [0, 0.1) is 11.3 Å². The summed E-state index contributed by atoms with van der Waals surface area (Å²) in [5, 5.41) is 15.7. The van der Waals surface area contributed by atoms with Gasteiger partial charge in [0.05, 0.1) is 12.6 Å². The monoisotopic (exact) mass is 416 g/mol. The van der Waals surface area contributed by atoms with Gasteiger partial charge in [0, 0.05) is 24.2 Å². The molecule has 6 heteroatoms. The summed E-state index contributed by atoms with van der Waals surface area (Å²) in [6, 6.07) is 19.8. The predicted molar refractivity (Wildman–Crippen MR) is 119 cm³/mol. The Morgan fingerprint density at radius 2 is 1.74 bits per heavy atom. The maximum atomic E-state index is 13.0. The van der Waals surface area contributed by atoms with E-state index in [2.05, 4.69) is 16.7 Å². The van der Waals surface area contributed by atoms with E-state index in [-0.39, 0.29) is 36.5 Å². The van der Waals surface area contributed by atoms with Crippen LogP contribution in [-0.4, -0.2) is 47.9 Å². The van der Waals surface area contributed by atoms with Crippen molar-refractivity contribution in [2.24, 2.45) is 0 Å². The van der Waals surface area contributed by atoms with Gasteiger partial charge in [0.25, 0.3) is 5.91 Å². The molecule has 0 spiro atoms. The van der Waals surface area contributed by atoms with Crippen molar-refractivity contribution < 1.29 is 9.59 Å². The molecule has 0 bridgehead atoms. The molecule has 1 heterocycles. The van der Waals surface area contributed by atoms with Gasteiger partial charge in [0.2, 0.25) is 5.91 Å². The minimum absolute atomic E-state index is 0.00618. The Balaban J connectivity index is 1.31. The van der Waals surface area contributed by atoms with Crippen LogP contribution in [0.2, 0.25) is 0 Å². The van der Waals surface area contributed by atoms with Gasteiger partial charge >= 0.3 is 0 Å². The number of hydrogen-bond acceptors (Lipinski definition) is 4. The number of nitriles is 1. The second kappa shape index (κ2) is 9.76. The summed E-state index contributed by atoms with van der Waals surface area (Å²) in [5.41, 5.74) is 2.63. The van der Waals surface area contributed by atoms with Crippen molar-refractivity contribution in [1.29, 1.82) is 5.26 Å².